The molecule has 1 atom stereocenters. The first-order valence-corrected chi connectivity index (χ1v) is 10.5. The summed E-state index contributed by atoms with van der Waals surface area (Å²) in [6, 6.07) is 25.1. The number of rotatable bonds is 6. The Hall–Kier alpha value is -3.47. The molecule has 1 unspecified atom stereocenters. The molecule has 0 aliphatic carbocycles. The normalized spacial score (nSPS) is 17.3. The van der Waals surface area contributed by atoms with E-state index in [9.17, 15) is 0 Å². The molecule has 1 fully saturated rings. The largest absolute Gasteiger partial charge is 0.497 e. The van der Waals surface area contributed by atoms with Crippen LogP contribution in [-0.4, -0.2) is 44.7 Å². The zero-order chi connectivity index (χ0) is 21.8. The molecule has 0 radical (unpaired) electrons. The van der Waals surface area contributed by atoms with Crippen LogP contribution < -0.4 is 14.4 Å². The van der Waals surface area contributed by atoms with Crippen LogP contribution in [0, 0.1) is 6.92 Å². The number of methoxy groups -OCH3 is 2. The van der Waals surface area contributed by atoms with E-state index >= 15 is 0 Å². The third-order valence-electron chi connectivity index (χ3n) is 5.65. The van der Waals surface area contributed by atoms with Crippen LogP contribution in [0.5, 0.6) is 11.5 Å². The summed E-state index contributed by atoms with van der Waals surface area (Å²) in [4.78, 5) is 9.57. The van der Waals surface area contributed by atoms with E-state index in [0.29, 0.717) is 0 Å². The maximum Gasteiger partial charge on any atom is 0.206 e. The van der Waals surface area contributed by atoms with Crippen molar-refractivity contribution in [3.8, 4) is 11.5 Å². The van der Waals surface area contributed by atoms with Gasteiger partial charge in [-0.1, -0.05) is 29.8 Å². The van der Waals surface area contributed by atoms with Crippen molar-refractivity contribution >= 4 is 17.3 Å². The Morgan fingerprint density at radius 1 is 0.839 bits per heavy atom. The minimum absolute atomic E-state index is 0.276. The molecule has 4 rings (SSSR count). The molecule has 1 saturated heterocycles. The highest BCUT2D eigenvalue weighted by Gasteiger charge is 2.34. The fraction of sp³-hybridized carbons (Fsp3) is 0.269. The highest BCUT2D eigenvalue weighted by molar-refractivity contribution is 6.00. The van der Waals surface area contributed by atoms with Gasteiger partial charge >= 0.3 is 0 Å². The zero-order valence-corrected chi connectivity index (χ0v) is 18.6. The molecule has 3 aromatic carbocycles. The molecule has 31 heavy (non-hydrogen) atoms. The lowest BCUT2D eigenvalue weighted by molar-refractivity contribution is 0.414. The highest BCUT2D eigenvalue weighted by atomic mass is 16.5. The number of ether oxygens (including phenoxy) is 2. The zero-order valence-electron chi connectivity index (χ0n) is 18.6. The molecule has 0 bridgehead atoms. The second-order valence-electron chi connectivity index (χ2n) is 7.90. The average molecular weight is 416 g/mol. The summed E-state index contributed by atoms with van der Waals surface area (Å²) in [6.07, 6.45) is 0.943. The van der Waals surface area contributed by atoms with E-state index in [1.807, 2.05) is 36.4 Å². The minimum atomic E-state index is 0.276. The van der Waals surface area contributed by atoms with E-state index in [2.05, 4.69) is 60.2 Å². The lowest BCUT2D eigenvalue weighted by Crippen LogP contribution is -2.36. The van der Waals surface area contributed by atoms with E-state index in [1.54, 1.807) is 14.2 Å². The molecule has 1 heterocycles. The van der Waals surface area contributed by atoms with E-state index in [4.69, 9.17) is 14.5 Å². The van der Waals surface area contributed by atoms with Crippen LogP contribution >= 0.6 is 0 Å². The first kappa shape index (κ1) is 20.8. The van der Waals surface area contributed by atoms with Crippen molar-refractivity contribution < 1.29 is 9.47 Å². The smallest absolute Gasteiger partial charge is 0.206 e. The summed E-state index contributed by atoms with van der Waals surface area (Å²) >= 11 is 0. The van der Waals surface area contributed by atoms with Gasteiger partial charge < -0.3 is 19.3 Å². The molecule has 3 aromatic rings. The predicted octanol–water partition coefficient (Wildman–Crippen LogP) is 5.06. The number of guanidine groups is 1. The molecule has 5 nitrogen and oxygen atoms in total. The first-order valence-electron chi connectivity index (χ1n) is 10.5. The van der Waals surface area contributed by atoms with E-state index in [1.165, 1.54) is 11.1 Å². The maximum atomic E-state index is 5.36. The Bertz CT molecular complexity index is 1030. The van der Waals surface area contributed by atoms with Crippen molar-refractivity contribution in [3.05, 3.63) is 83.9 Å². The molecule has 160 valence electrons. The summed E-state index contributed by atoms with van der Waals surface area (Å²) in [5, 5.41) is 0. The number of hydrogen-bond acceptors (Lipinski definition) is 3. The lowest BCUT2D eigenvalue weighted by Gasteiger charge is -2.26. The quantitative estimate of drug-likeness (QED) is 0.564. The predicted molar refractivity (Wildman–Crippen MR) is 127 cm³/mol. The van der Waals surface area contributed by atoms with Gasteiger partial charge in [-0.2, -0.15) is 0 Å². The van der Waals surface area contributed by atoms with Crippen LogP contribution in [0.25, 0.3) is 0 Å². The third-order valence-corrected chi connectivity index (χ3v) is 5.65. The number of aliphatic imine (C=N–C) groups is 1. The number of likely N-dealkylation sites (N-methyl/N-ethyl adjacent to an activating group) is 1. The van der Waals surface area contributed by atoms with Crippen LogP contribution in [0.15, 0.2) is 77.8 Å². The third kappa shape index (κ3) is 4.66. The summed E-state index contributed by atoms with van der Waals surface area (Å²) in [6.45, 7) is 3.02. The SMILES string of the molecule is COc1ccc(N=C2N(C)CC(Cc3ccc(C)cc3)N2c2ccc(OC)cc2)cc1. The maximum absolute atomic E-state index is 5.36. The first-order chi connectivity index (χ1) is 15.1. The molecular formula is C26H29N3O2. The number of aryl methyl sites for hydroxylation is 1. The van der Waals surface area contributed by atoms with E-state index in [-0.39, 0.29) is 6.04 Å². The monoisotopic (exact) mass is 415 g/mol. The topological polar surface area (TPSA) is 37.3 Å². The Labute approximate surface area is 184 Å². The number of nitrogens with zero attached hydrogens (tertiary/aromatic N) is 3. The van der Waals surface area contributed by atoms with E-state index in [0.717, 1.165) is 41.8 Å². The van der Waals surface area contributed by atoms with Gasteiger partial charge in [0.05, 0.1) is 25.9 Å². The average Bonchev–Trinajstić information content (AvgIpc) is 3.10. The highest BCUT2D eigenvalue weighted by Crippen LogP contribution is 2.30. The summed E-state index contributed by atoms with van der Waals surface area (Å²) in [7, 11) is 5.47. The van der Waals surface area contributed by atoms with Gasteiger partial charge in [0.25, 0.3) is 0 Å². The van der Waals surface area contributed by atoms with Crippen molar-refractivity contribution in [1.82, 2.24) is 4.90 Å². The van der Waals surface area contributed by atoms with Crippen LogP contribution in [0.2, 0.25) is 0 Å². The van der Waals surface area contributed by atoms with Gasteiger partial charge in [0.2, 0.25) is 5.96 Å². The lowest BCUT2D eigenvalue weighted by atomic mass is 10.0. The molecule has 5 heteroatoms. The number of anilines is 1. The van der Waals surface area contributed by atoms with Crippen LogP contribution in [0.4, 0.5) is 11.4 Å². The molecule has 0 aromatic heterocycles. The van der Waals surface area contributed by atoms with Crippen molar-refractivity contribution in [2.24, 2.45) is 4.99 Å². The summed E-state index contributed by atoms with van der Waals surface area (Å²) in [5.41, 5.74) is 4.61. The minimum Gasteiger partial charge on any atom is -0.497 e. The van der Waals surface area contributed by atoms with Gasteiger partial charge in [0.1, 0.15) is 11.5 Å². The van der Waals surface area contributed by atoms with Gasteiger partial charge in [0, 0.05) is 19.3 Å². The molecule has 0 amide bonds. The molecule has 0 saturated carbocycles. The van der Waals surface area contributed by atoms with Crippen molar-refractivity contribution in [1.29, 1.82) is 0 Å². The Kier molecular flexibility index (Phi) is 6.12. The number of hydrogen-bond donors (Lipinski definition) is 0. The molecule has 1 aliphatic rings. The molecular weight excluding hydrogens is 386 g/mol. The Morgan fingerprint density at radius 3 is 2.00 bits per heavy atom. The van der Waals surface area contributed by atoms with Gasteiger partial charge in [-0.05, 0) is 67.4 Å². The molecule has 1 aliphatic heterocycles. The Morgan fingerprint density at radius 2 is 1.42 bits per heavy atom. The fourth-order valence-corrected chi connectivity index (χ4v) is 3.96. The van der Waals surface area contributed by atoms with Crippen LogP contribution in [0.1, 0.15) is 11.1 Å². The van der Waals surface area contributed by atoms with Gasteiger partial charge in [-0.25, -0.2) is 4.99 Å². The van der Waals surface area contributed by atoms with Gasteiger partial charge in [-0.15, -0.1) is 0 Å². The number of benzene rings is 3. The fourth-order valence-electron chi connectivity index (χ4n) is 3.96. The second kappa shape index (κ2) is 9.13. The van der Waals surface area contributed by atoms with Gasteiger partial charge in [0.15, 0.2) is 0 Å². The molecule has 0 spiro atoms. The van der Waals surface area contributed by atoms with Gasteiger partial charge in [-0.3, -0.25) is 0 Å². The summed E-state index contributed by atoms with van der Waals surface area (Å²) in [5.74, 6) is 2.61. The van der Waals surface area contributed by atoms with Crippen LogP contribution in [0.3, 0.4) is 0 Å². The van der Waals surface area contributed by atoms with Crippen LogP contribution in [-0.2, 0) is 6.42 Å². The Balaban J connectivity index is 1.70. The standard InChI is InChI=1S/C26H29N3O2/c1-19-5-7-20(8-6-19)17-23-18-28(2)26(27-21-9-13-24(30-3)14-10-21)29(23)22-11-15-25(31-4)16-12-22/h5-16,23H,17-18H2,1-4H3. The van der Waals surface area contributed by atoms with Crippen molar-refractivity contribution in [2.45, 2.75) is 19.4 Å². The van der Waals surface area contributed by atoms with Crippen molar-refractivity contribution in [2.75, 3.05) is 32.7 Å². The second-order valence-corrected chi connectivity index (χ2v) is 7.90. The molecule has 0 N–H and O–H groups in total. The van der Waals surface area contributed by atoms with E-state index < -0.39 is 0 Å². The summed E-state index contributed by atoms with van der Waals surface area (Å²) < 4.78 is 10.6. The van der Waals surface area contributed by atoms with Crippen molar-refractivity contribution in [3.63, 3.8) is 0 Å².